The normalized spacial score (nSPS) is 10.6. The highest BCUT2D eigenvalue weighted by molar-refractivity contribution is 14.1. The highest BCUT2D eigenvalue weighted by atomic mass is 127. The molecule has 0 atom stereocenters. The van der Waals surface area contributed by atoms with Gasteiger partial charge in [0.05, 0.1) is 76.1 Å². The number of benzene rings is 6. The smallest absolute Gasteiger partial charge is 0.255 e. The average molecular weight is 1870 g/mol. The molecule has 6 aromatic carbocycles. The number of halogens is 2. The number of pyridine rings is 6. The molecule has 12 heterocycles. The van der Waals surface area contributed by atoms with E-state index in [2.05, 4.69) is 57.5 Å². The first-order valence-electron chi connectivity index (χ1n) is 40.2. The van der Waals surface area contributed by atoms with Crippen LogP contribution >= 0.6 is 45.5 Å². The Kier molecular flexibility index (Phi) is 30.6. The summed E-state index contributed by atoms with van der Waals surface area (Å²) in [6, 6.07) is 80.0. The fourth-order valence-electron chi connectivity index (χ4n) is 13.6. The minimum Gasteiger partial charge on any atom is -0.390 e. The molecule has 0 aliphatic carbocycles. The molecule has 0 radical (unpaired) electrons. The number of hydrogen-bond acceptors (Lipinski definition) is 17. The van der Waals surface area contributed by atoms with Gasteiger partial charge in [0.1, 0.15) is 12.0 Å². The molecule has 3 N–H and O–H groups in total. The Morgan fingerprint density at radius 2 is 0.659 bits per heavy atom. The van der Waals surface area contributed by atoms with Gasteiger partial charge in [-0.25, -0.2) is 24.9 Å². The van der Waals surface area contributed by atoms with E-state index >= 15 is 0 Å². The van der Waals surface area contributed by atoms with Gasteiger partial charge in [-0.2, -0.15) is 0 Å². The zero-order valence-electron chi connectivity index (χ0n) is 70.3. The van der Waals surface area contributed by atoms with E-state index in [-0.39, 0.29) is 52.3 Å². The average Bonchev–Trinajstić information content (AvgIpc) is 1.69. The summed E-state index contributed by atoms with van der Waals surface area (Å²) in [6.07, 6.45) is 20.7. The molecule has 0 aliphatic heterocycles. The van der Waals surface area contributed by atoms with Crippen molar-refractivity contribution >= 4 is 57.6 Å². The Morgan fingerprint density at radius 1 is 0.388 bits per heavy atom. The van der Waals surface area contributed by atoms with Crippen LogP contribution in [-0.2, 0) is 26.1 Å². The van der Waals surface area contributed by atoms with Gasteiger partial charge in [0.25, 0.3) is 33.4 Å². The first-order valence-corrected chi connectivity index (χ1v) is 42.5. The summed E-state index contributed by atoms with van der Waals surface area (Å²) >= 11 is 9.45. The van der Waals surface area contributed by atoms with Crippen molar-refractivity contribution in [3.63, 3.8) is 0 Å². The van der Waals surface area contributed by atoms with Crippen LogP contribution in [0.3, 0.4) is 0 Å². The van der Waals surface area contributed by atoms with Crippen molar-refractivity contribution in [1.82, 2.24) is 75.2 Å². The molecule has 0 bridgehead atoms. The predicted octanol–water partition coefficient (Wildman–Crippen LogP) is 16.2. The van der Waals surface area contributed by atoms with Gasteiger partial charge in [-0.15, -0.1) is 11.3 Å². The second kappa shape index (κ2) is 43.3. The Labute approximate surface area is 760 Å². The number of aliphatic hydroxyl groups excluding tert-OH is 1. The maximum absolute atomic E-state index is 12.3. The quantitative estimate of drug-likeness (QED) is 0.0179. The molecule has 29 nitrogen and oxygen atoms in total. The third-order valence-corrected chi connectivity index (χ3v) is 22.7. The van der Waals surface area contributed by atoms with E-state index in [0.29, 0.717) is 40.0 Å². The first-order chi connectivity index (χ1) is 62.6. The fraction of sp³-hybridized carbons (Fsp3) is 0.103. The van der Waals surface area contributed by atoms with Crippen molar-refractivity contribution in [2.75, 3.05) is 0 Å². The van der Waals surface area contributed by atoms with Crippen molar-refractivity contribution in [2.45, 2.75) is 67.2 Å². The Balaban J connectivity index is 0.000000133. The van der Waals surface area contributed by atoms with Crippen LogP contribution in [0.15, 0.2) is 370 Å². The van der Waals surface area contributed by atoms with Gasteiger partial charge in [-0.3, -0.25) is 65.8 Å². The SMILES string of the molecule is Cc1c(C=O)ncn1-c1ccc(-n2ccccc2=O)cc1.Cc1c(CCC(=O)c2ccc(Cl)s2)ncn1-c1ccc(-n2ccccc2=O)cc1.Cc1c(CN)ncn1-c1ccc(-n2ccccc2=O)cc1.Cc1c(CN=[N+]=[N-])ncn1-c1ccc(-n2ccccc2=O)cc1.Cc1c(CO)ncn1-c1ccc(-n2ccccc2=O)cc1.O=c1ccccn1-c1ccc(I)cc1. The van der Waals surface area contributed by atoms with Crippen molar-refractivity contribution < 1.29 is 14.7 Å². The molecule has 129 heavy (non-hydrogen) atoms. The highest BCUT2D eigenvalue weighted by Gasteiger charge is 2.17. The third-order valence-electron chi connectivity index (χ3n) is 20.7. The number of imidazole rings is 5. The fourth-order valence-corrected chi connectivity index (χ4v) is 15.0. The summed E-state index contributed by atoms with van der Waals surface area (Å²) in [4.78, 5) is 118. The number of Topliss-reactive ketones (excluding diaryl/α,β-unsaturated/α-hetero) is 1. The number of aryl methyl sites for hydroxylation is 1. The number of carbonyl (C=O) groups excluding carboxylic acids is 2. The van der Waals surface area contributed by atoms with Gasteiger partial charge >= 0.3 is 0 Å². The maximum atomic E-state index is 12.3. The van der Waals surface area contributed by atoms with Crippen molar-refractivity contribution in [1.29, 1.82) is 0 Å². The summed E-state index contributed by atoms with van der Waals surface area (Å²) in [7, 11) is 0. The van der Waals surface area contributed by atoms with E-state index in [0.717, 1.165) is 118 Å². The van der Waals surface area contributed by atoms with E-state index in [1.54, 1.807) is 157 Å². The van der Waals surface area contributed by atoms with Crippen molar-refractivity contribution in [2.24, 2.45) is 10.8 Å². The van der Waals surface area contributed by atoms with E-state index < -0.39 is 0 Å². The summed E-state index contributed by atoms with van der Waals surface area (Å²) < 4.78 is 21.0. The Morgan fingerprint density at radius 3 is 0.930 bits per heavy atom. The Bertz CT molecular complexity index is 7220. The minimum atomic E-state index is -0.0766. The molecule has 0 aliphatic rings. The second-order valence-electron chi connectivity index (χ2n) is 28.6. The van der Waals surface area contributed by atoms with Crippen LogP contribution in [0.4, 0.5) is 0 Å². The van der Waals surface area contributed by atoms with Gasteiger partial charge < -0.3 is 33.7 Å². The van der Waals surface area contributed by atoms with Gasteiger partial charge in [0, 0.05) is 180 Å². The third kappa shape index (κ3) is 22.4. The molecule has 0 saturated heterocycles. The van der Waals surface area contributed by atoms with Gasteiger partial charge in [0.15, 0.2) is 12.1 Å². The molecule has 0 unspecified atom stereocenters. The number of aldehydes is 1. The van der Waals surface area contributed by atoms with Crippen LogP contribution in [0, 0.1) is 38.2 Å². The number of rotatable bonds is 20. The van der Waals surface area contributed by atoms with Crippen LogP contribution in [0.25, 0.3) is 73.0 Å². The van der Waals surface area contributed by atoms with Crippen molar-refractivity contribution in [3.8, 4) is 62.6 Å². The topological polar surface area (TPSA) is 350 Å². The summed E-state index contributed by atoms with van der Waals surface area (Å²) in [6.45, 7) is 10.2. The number of aromatic nitrogens is 16. The van der Waals surface area contributed by atoms with Crippen molar-refractivity contribution in [3.05, 3.63) is 478 Å². The van der Waals surface area contributed by atoms with Crippen LogP contribution in [0.5, 0.6) is 0 Å². The zero-order chi connectivity index (χ0) is 91.0. The number of hydrogen-bond donors (Lipinski definition) is 2. The number of nitrogens with two attached hydrogens (primary N) is 1. The lowest BCUT2D eigenvalue weighted by molar-refractivity contribution is 0.0986. The number of carbonyl (C=O) groups is 2. The van der Waals surface area contributed by atoms with Crippen LogP contribution in [-0.4, -0.2) is 92.3 Å². The molecule has 0 fully saturated rings. The standard InChI is InChI=1S/C22H18ClN3O2S.C16H14N6O.C16H16N4O.C16H15N3O2.C16H13N3O2.C11H8INO/c1-15-18(9-10-19(27)20-11-12-21(23)29-20)24-14-26(15)17-7-5-16(6-8-17)25-13-3-2-4-22(25)28;1-12-15(10-19-20-17)18-11-22(12)14-7-5-13(6-8-14)21-9-3-2-4-16(21)23;1-12-15(10-17)18-11-20(12)14-7-5-13(6-8-14)19-9-3-2-4-16(19)21;2*1-12-15(10-20)17-11-19(12)14-7-5-13(6-8-14)18-9-3-2-4-16(18)21;12-9-4-6-10(7-5-9)13-8-2-1-3-11(13)14/h2-8,11-14H,9-10H2,1H3;2-9,11H,10H2,1H3;2-9,11H,10,17H2,1H3;2-9,11,20H,10H2,1H3;2-11H,1H3;1-8H. The molecule has 0 amide bonds. The van der Waals surface area contributed by atoms with Crippen LogP contribution < -0.4 is 39.1 Å². The molecular weight excluding hydrogens is 1780 g/mol. The van der Waals surface area contributed by atoms with E-state index in [1.165, 1.54) is 35.6 Å². The number of ketones is 1. The molecule has 12 aromatic heterocycles. The molecule has 18 rings (SSSR count). The minimum absolute atomic E-state index is 0.00583. The summed E-state index contributed by atoms with van der Waals surface area (Å²) in [5.41, 5.74) is 31.6. The summed E-state index contributed by atoms with van der Waals surface area (Å²) in [5, 5.41) is 12.7. The lowest BCUT2D eigenvalue weighted by atomic mass is 10.1. The van der Waals surface area contributed by atoms with Gasteiger partial charge in [-0.05, 0) is 263 Å². The van der Waals surface area contributed by atoms with Crippen LogP contribution in [0.2, 0.25) is 4.34 Å². The lowest BCUT2D eigenvalue weighted by Crippen LogP contribution is -2.15. The van der Waals surface area contributed by atoms with Gasteiger partial charge in [0.2, 0.25) is 0 Å². The van der Waals surface area contributed by atoms with Crippen LogP contribution in [0.1, 0.15) is 77.8 Å². The van der Waals surface area contributed by atoms with E-state index in [9.17, 15) is 43.5 Å². The molecular formula is C97H84ClIN20O9S. The highest BCUT2D eigenvalue weighted by Crippen LogP contribution is 2.26. The number of thiophene rings is 1. The van der Waals surface area contributed by atoms with E-state index in [4.69, 9.17) is 22.9 Å². The molecule has 646 valence electrons. The van der Waals surface area contributed by atoms with Gasteiger partial charge in [-0.1, -0.05) is 53.1 Å². The predicted molar refractivity (Wildman–Crippen MR) is 508 cm³/mol. The molecule has 32 heteroatoms. The lowest BCUT2D eigenvalue weighted by Gasteiger charge is -2.09. The monoisotopic (exact) mass is 1870 g/mol. The number of aliphatic hydroxyl groups is 1. The largest absolute Gasteiger partial charge is 0.390 e. The molecule has 0 spiro atoms. The number of nitrogens with zero attached hydrogens (tertiary/aromatic N) is 19. The summed E-state index contributed by atoms with van der Waals surface area (Å²) in [5.74, 6) is 0.0773. The first kappa shape index (κ1) is 91.1. The van der Waals surface area contributed by atoms with E-state index in [1.807, 2.05) is 239 Å². The molecule has 0 saturated carbocycles. The number of azide groups is 1. The maximum Gasteiger partial charge on any atom is 0.255 e. The Hall–Kier alpha value is -15.6. The zero-order valence-corrected chi connectivity index (χ0v) is 74.0. The second-order valence-corrected chi connectivity index (χ2v) is 31.5. The molecule has 18 aromatic rings.